The van der Waals surface area contributed by atoms with Crippen LogP contribution in [0.5, 0.6) is 11.5 Å². The van der Waals surface area contributed by atoms with Crippen LogP contribution in [0.2, 0.25) is 0 Å². The van der Waals surface area contributed by atoms with Crippen LogP contribution in [0.3, 0.4) is 0 Å². The molecule has 4 N–H and O–H groups in total. The molecule has 0 aromatic heterocycles. The Hall–Kier alpha value is -5.26. The van der Waals surface area contributed by atoms with Gasteiger partial charge < -0.3 is 30.7 Å². The van der Waals surface area contributed by atoms with Gasteiger partial charge in [-0.2, -0.15) is 0 Å². The third-order valence-corrected chi connectivity index (χ3v) is 6.47. The van der Waals surface area contributed by atoms with Gasteiger partial charge in [-0.05, 0) is 72.5 Å². The Morgan fingerprint density at radius 1 is 0.605 bits per heavy atom. The van der Waals surface area contributed by atoms with Crippen molar-refractivity contribution in [1.29, 1.82) is 0 Å². The fraction of sp³-hybridized carbons (Fsp3) is 0.161. The Morgan fingerprint density at radius 2 is 1.00 bits per heavy atom. The van der Waals surface area contributed by atoms with E-state index in [2.05, 4.69) is 21.3 Å². The molecule has 4 amide bonds. The number of halogens is 4. The molecule has 12 heteroatoms. The molecule has 8 nitrogen and oxygen atoms in total. The summed E-state index contributed by atoms with van der Waals surface area (Å²) < 4.78 is 66.3. The normalized spacial score (nSPS) is 13.0. The standard InChI is InChI=1S/C31H26F4N4O4/c32-21-5-1-19(2-6-21)17-42-23-9-11-27(25(34)15-23)36-29(40)38-31(13-14-31)39-30(41)37-28-12-10-24(16-26(28)35)43-18-20-3-7-22(33)8-4-20/h1-12,15-16H,13-14,17-18H2,(H2,36,38,40)(H2,37,39,41). The van der Waals surface area contributed by atoms with Crippen molar-refractivity contribution in [1.82, 2.24) is 10.6 Å². The van der Waals surface area contributed by atoms with Gasteiger partial charge in [0.25, 0.3) is 0 Å². The van der Waals surface area contributed by atoms with Gasteiger partial charge in [-0.15, -0.1) is 0 Å². The third-order valence-electron chi connectivity index (χ3n) is 6.47. The molecule has 222 valence electrons. The largest absolute Gasteiger partial charge is 0.489 e. The second kappa shape index (κ2) is 12.7. The highest BCUT2D eigenvalue weighted by Crippen LogP contribution is 2.33. The molecule has 4 aromatic carbocycles. The van der Waals surface area contributed by atoms with Crippen LogP contribution in [0.25, 0.3) is 0 Å². The van der Waals surface area contributed by atoms with Gasteiger partial charge in [0.1, 0.15) is 53.6 Å². The number of anilines is 2. The molecule has 4 aromatic rings. The number of carbonyl (C=O) groups is 2. The SMILES string of the molecule is O=C(Nc1ccc(OCc2ccc(F)cc2)cc1F)NC1(NC(=O)Nc2ccc(OCc3ccc(F)cc3)cc2F)CC1. The Kier molecular flexibility index (Phi) is 8.65. The van der Waals surface area contributed by atoms with E-state index in [1.54, 1.807) is 24.3 Å². The zero-order valence-electron chi connectivity index (χ0n) is 22.6. The quantitative estimate of drug-likeness (QED) is 0.119. The molecule has 0 saturated heterocycles. The van der Waals surface area contributed by atoms with Crippen LogP contribution in [0, 0.1) is 23.3 Å². The van der Waals surface area contributed by atoms with E-state index in [4.69, 9.17) is 9.47 Å². The summed E-state index contributed by atoms with van der Waals surface area (Å²) in [7, 11) is 0. The summed E-state index contributed by atoms with van der Waals surface area (Å²) in [6.07, 6.45) is 0.816. The second-order valence-corrected chi connectivity index (χ2v) is 9.85. The number of urea groups is 2. The Balaban J connectivity index is 1.09. The Labute approximate surface area is 244 Å². The first-order valence-corrected chi connectivity index (χ1v) is 13.2. The highest BCUT2D eigenvalue weighted by Gasteiger charge is 2.46. The van der Waals surface area contributed by atoms with Crippen molar-refractivity contribution in [2.45, 2.75) is 31.7 Å². The molecule has 0 spiro atoms. The Morgan fingerprint density at radius 3 is 1.35 bits per heavy atom. The van der Waals surface area contributed by atoms with Crippen molar-refractivity contribution in [2.24, 2.45) is 0 Å². The van der Waals surface area contributed by atoms with Gasteiger partial charge in [-0.3, -0.25) is 0 Å². The molecule has 0 heterocycles. The summed E-state index contributed by atoms with van der Waals surface area (Å²) in [5, 5.41) is 9.98. The zero-order valence-corrected chi connectivity index (χ0v) is 22.6. The van der Waals surface area contributed by atoms with E-state index < -0.39 is 29.4 Å². The molecule has 1 aliphatic carbocycles. The maximum atomic E-state index is 14.6. The van der Waals surface area contributed by atoms with E-state index >= 15 is 0 Å². The third kappa shape index (κ3) is 8.15. The lowest BCUT2D eigenvalue weighted by molar-refractivity contribution is 0.235. The average Bonchev–Trinajstić information content (AvgIpc) is 3.73. The van der Waals surface area contributed by atoms with Gasteiger partial charge in [-0.25, -0.2) is 27.2 Å². The minimum atomic E-state index is -1.09. The molecule has 43 heavy (non-hydrogen) atoms. The molecule has 0 atom stereocenters. The molecular weight excluding hydrogens is 568 g/mol. The van der Waals surface area contributed by atoms with Gasteiger partial charge in [0.2, 0.25) is 0 Å². The van der Waals surface area contributed by atoms with E-state index in [9.17, 15) is 27.2 Å². The van der Waals surface area contributed by atoms with Crippen LogP contribution < -0.4 is 30.7 Å². The average molecular weight is 595 g/mol. The molecule has 0 bridgehead atoms. The minimum absolute atomic E-state index is 0.0998. The van der Waals surface area contributed by atoms with Crippen molar-refractivity contribution in [3.63, 3.8) is 0 Å². The lowest BCUT2D eigenvalue weighted by atomic mass is 10.2. The molecule has 0 radical (unpaired) electrons. The fourth-order valence-corrected chi connectivity index (χ4v) is 4.02. The molecular formula is C31H26F4N4O4. The number of hydrogen-bond acceptors (Lipinski definition) is 4. The van der Waals surface area contributed by atoms with Crippen molar-refractivity contribution in [3.8, 4) is 11.5 Å². The van der Waals surface area contributed by atoms with Crippen LogP contribution in [-0.4, -0.2) is 17.7 Å². The predicted octanol–water partition coefficient (Wildman–Crippen LogP) is 6.83. The summed E-state index contributed by atoms with van der Waals surface area (Å²) in [5.74, 6) is -1.82. The summed E-state index contributed by atoms with van der Waals surface area (Å²) in [4.78, 5) is 25.1. The summed E-state index contributed by atoms with van der Waals surface area (Å²) in [6.45, 7) is 0.200. The van der Waals surface area contributed by atoms with E-state index in [0.717, 1.165) is 12.1 Å². The molecule has 1 fully saturated rings. The van der Waals surface area contributed by atoms with Crippen LogP contribution in [-0.2, 0) is 13.2 Å². The van der Waals surface area contributed by atoms with Crippen LogP contribution in [0.4, 0.5) is 38.5 Å². The first-order valence-electron chi connectivity index (χ1n) is 13.2. The maximum Gasteiger partial charge on any atom is 0.321 e. The topological polar surface area (TPSA) is 101 Å². The maximum absolute atomic E-state index is 14.6. The number of ether oxygens (including phenoxy) is 2. The number of carbonyl (C=O) groups excluding carboxylic acids is 2. The van der Waals surface area contributed by atoms with Crippen molar-refractivity contribution in [2.75, 3.05) is 10.6 Å². The monoisotopic (exact) mass is 594 g/mol. The Bertz CT molecular complexity index is 1500. The highest BCUT2D eigenvalue weighted by atomic mass is 19.1. The van der Waals surface area contributed by atoms with Crippen LogP contribution >= 0.6 is 0 Å². The van der Waals surface area contributed by atoms with E-state index in [-0.39, 0.29) is 47.7 Å². The lowest BCUT2D eigenvalue weighted by Gasteiger charge is -2.20. The van der Waals surface area contributed by atoms with Crippen molar-refractivity contribution >= 4 is 23.4 Å². The van der Waals surface area contributed by atoms with Crippen LogP contribution in [0.1, 0.15) is 24.0 Å². The minimum Gasteiger partial charge on any atom is -0.489 e. The molecule has 1 aliphatic rings. The van der Waals surface area contributed by atoms with Gasteiger partial charge in [0, 0.05) is 12.1 Å². The van der Waals surface area contributed by atoms with E-state index in [1.165, 1.54) is 48.5 Å². The first kappa shape index (κ1) is 29.2. The number of amides is 4. The molecule has 5 rings (SSSR count). The number of nitrogens with one attached hydrogen (secondary N) is 4. The van der Waals surface area contributed by atoms with Gasteiger partial charge in [0.05, 0.1) is 11.4 Å². The molecule has 0 aliphatic heterocycles. The lowest BCUT2D eigenvalue weighted by Crippen LogP contribution is -2.52. The van der Waals surface area contributed by atoms with Crippen molar-refractivity contribution in [3.05, 3.63) is 119 Å². The van der Waals surface area contributed by atoms with Crippen LogP contribution in [0.15, 0.2) is 84.9 Å². The fourth-order valence-electron chi connectivity index (χ4n) is 4.02. The highest BCUT2D eigenvalue weighted by molar-refractivity contribution is 5.93. The zero-order chi connectivity index (χ0) is 30.4. The van der Waals surface area contributed by atoms with E-state index in [0.29, 0.717) is 24.0 Å². The summed E-state index contributed by atoms with van der Waals surface area (Å²) in [5.41, 5.74) is 0.0765. The van der Waals surface area contributed by atoms with Gasteiger partial charge >= 0.3 is 12.1 Å². The smallest absolute Gasteiger partial charge is 0.321 e. The van der Waals surface area contributed by atoms with Gasteiger partial charge in [0.15, 0.2) is 0 Å². The summed E-state index contributed by atoms with van der Waals surface area (Å²) >= 11 is 0. The number of benzene rings is 4. The van der Waals surface area contributed by atoms with E-state index in [1.807, 2.05) is 0 Å². The number of hydrogen-bond donors (Lipinski definition) is 4. The second-order valence-electron chi connectivity index (χ2n) is 9.85. The number of rotatable bonds is 10. The molecule has 0 unspecified atom stereocenters. The van der Waals surface area contributed by atoms with Gasteiger partial charge in [-0.1, -0.05) is 24.3 Å². The predicted molar refractivity (Wildman–Crippen MR) is 151 cm³/mol. The molecule has 1 saturated carbocycles. The summed E-state index contributed by atoms with van der Waals surface area (Å²) in [6, 6.07) is 17.6. The first-order chi connectivity index (χ1) is 20.7. The van der Waals surface area contributed by atoms with Crippen molar-refractivity contribution < 1.29 is 36.6 Å².